The summed E-state index contributed by atoms with van der Waals surface area (Å²) < 4.78 is 5.36. The molecule has 39 heavy (non-hydrogen) atoms. The Balaban J connectivity index is 1.05. The smallest absolute Gasteiger partial charge is 0.319 e. The summed E-state index contributed by atoms with van der Waals surface area (Å²) in [4.78, 5) is 53.3. The minimum Gasteiger partial charge on any atom is -0.380 e. The molecule has 4 heterocycles. The van der Waals surface area contributed by atoms with Gasteiger partial charge in [-0.25, -0.2) is 4.79 Å². The molecule has 0 bridgehead atoms. The van der Waals surface area contributed by atoms with Gasteiger partial charge in [-0.2, -0.15) is 0 Å². The van der Waals surface area contributed by atoms with Gasteiger partial charge in [-0.3, -0.25) is 24.6 Å². The number of hydrogen-bond acceptors (Lipinski definition) is 6. The van der Waals surface area contributed by atoms with Gasteiger partial charge in [0.1, 0.15) is 6.04 Å². The van der Waals surface area contributed by atoms with E-state index < -0.39 is 11.9 Å². The number of benzene rings is 2. The lowest BCUT2D eigenvalue weighted by Crippen LogP contribution is -2.65. The van der Waals surface area contributed by atoms with Gasteiger partial charge in [-0.15, -0.1) is 0 Å². The van der Waals surface area contributed by atoms with Crippen molar-refractivity contribution in [2.75, 3.05) is 31.6 Å². The number of anilines is 1. The maximum absolute atomic E-state index is 13.0. The highest BCUT2D eigenvalue weighted by atomic mass is 35.5. The fourth-order valence-corrected chi connectivity index (χ4v) is 6.11. The number of nitrogens with zero attached hydrogens (tertiary/aromatic N) is 2. The Morgan fingerprint density at radius 3 is 2.69 bits per heavy atom. The molecule has 0 aliphatic carbocycles. The number of likely N-dealkylation sites (tertiary alicyclic amines) is 1. The average molecular weight is 552 g/mol. The van der Waals surface area contributed by atoms with Crippen LogP contribution < -0.4 is 16.0 Å². The van der Waals surface area contributed by atoms with E-state index >= 15 is 0 Å². The Kier molecular flexibility index (Phi) is 6.57. The summed E-state index contributed by atoms with van der Waals surface area (Å²) in [6, 6.07) is 8.11. The van der Waals surface area contributed by atoms with Gasteiger partial charge in [-0.05, 0) is 53.8 Å². The number of fused-ring (bicyclic) bond motifs is 1. The monoisotopic (exact) mass is 551 g/mol. The maximum Gasteiger partial charge on any atom is 0.319 e. The molecule has 10 nitrogen and oxygen atoms in total. The number of amides is 5. The lowest BCUT2D eigenvalue weighted by atomic mass is 9.78. The summed E-state index contributed by atoms with van der Waals surface area (Å²) >= 11 is 6.48. The van der Waals surface area contributed by atoms with Crippen LogP contribution in [0, 0.1) is 12.3 Å². The predicted molar refractivity (Wildman–Crippen MR) is 143 cm³/mol. The zero-order chi connectivity index (χ0) is 27.3. The minimum atomic E-state index is -0.657. The van der Waals surface area contributed by atoms with E-state index in [1.54, 1.807) is 12.1 Å². The summed E-state index contributed by atoms with van der Waals surface area (Å²) in [7, 11) is 0. The van der Waals surface area contributed by atoms with Gasteiger partial charge >= 0.3 is 6.03 Å². The molecule has 0 aromatic heterocycles. The molecule has 1 atom stereocenters. The zero-order valence-corrected chi connectivity index (χ0v) is 22.4. The molecular formula is C28H30ClN5O5. The van der Waals surface area contributed by atoms with E-state index in [9.17, 15) is 19.2 Å². The molecule has 2 aromatic carbocycles. The first-order valence-electron chi connectivity index (χ1n) is 13.1. The van der Waals surface area contributed by atoms with Crippen molar-refractivity contribution in [3.63, 3.8) is 0 Å². The van der Waals surface area contributed by atoms with Crippen LogP contribution in [-0.2, 0) is 34.0 Å². The first-order chi connectivity index (χ1) is 18.7. The number of carbonyl (C=O) groups is 4. The lowest BCUT2D eigenvalue weighted by Gasteiger charge is -2.55. The fraction of sp³-hybridized carbons (Fsp3) is 0.429. The maximum atomic E-state index is 13.0. The second-order valence-corrected chi connectivity index (χ2v) is 11.5. The van der Waals surface area contributed by atoms with E-state index in [0.29, 0.717) is 34.7 Å². The second kappa shape index (κ2) is 9.93. The van der Waals surface area contributed by atoms with Crippen LogP contribution in [0.1, 0.15) is 45.5 Å². The number of carbonyl (C=O) groups excluding carboxylic acids is 4. The minimum absolute atomic E-state index is 0.211. The summed E-state index contributed by atoms with van der Waals surface area (Å²) in [6.07, 6.45) is 0.528. The molecule has 2 aromatic rings. The van der Waals surface area contributed by atoms with Gasteiger partial charge in [0.25, 0.3) is 5.91 Å². The predicted octanol–water partition coefficient (Wildman–Crippen LogP) is 2.56. The summed E-state index contributed by atoms with van der Waals surface area (Å²) in [5, 5.41) is 8.62. The molecule has 0 saturated carbocycles. The van der Waals surface area contributed by atoms with Crippen molar-refractivity contribution in [3.05, 3.63) is 63.2 Å². The Morgan fingerprint density at radius 2 is 1.97 bits per heavy atom. The molecule has 204 valence electrons. The third-order valence-corrected chi connectivity index (χ3v) is 8.48. The molecule has 1 spiro atoms. The molecule has 0 radical (unpaired) electrons. The van der Waals surface area contributed by atoms with Crippen molar-refractivity contribution in [3.8, 4) is 0 Å². The highest BCUT2D eigenvalue weighted by molar-refractivity contribution is 6.31. The summed E-state index contributed by atoms with van der Waals surface area (Å²) in [5.41, 5.74) is 5.11. The SMILES string of the molecule is Cc1c(Cl)cc(NC(=O)NCc2ccc3c(c2)C(=O)N(C2CCC(=O)NC2=O)C3)cc1CN1CC2(COC2)C1. The molecule has 3 saturated heterocycles. The van der Waals surface area contributed by atoms with E-state index in [0.717, 1.165) is 55.1 Å². The molecule has 11 heteroatoms. The highest BCUT2D eigenvalue weighted by Gasteiger charge is 2.48. The number of imide groups is 1. The van der Waals surface area contributed by atoms with E-state index in [1.165, 1.54) is 4.90 Å². The number of piperidine rings is 1. The van der Waals surface area contributed by atoms with Crippen LogP contribution in [-0.4, -0.2) is 65.9 Å². The number of nitrogens with one attached hydrogen (secondary N) is 3. The molecule has 5 amide bonds. The third-order valence-electron chi connectivity index (χ3n) is 8.08. The number of halogens is 1. The third kappa shape index (κ3) is 4.99. The van der Waals surface area contributed by atoms with Gasteiger partial charge in [-0.1, -0.05) is 23.7 Å². The van der Waals surface area contributed by atoms with Crippen molar-refractivity contribution in [2.45, 2.75) is 45.4 Å². The average Bonchev–Trinajstić information content (AvgIpc) is 3.17. The molecule has 4 aliphatic heterocycles. The van der Waals surface area contributed by atoms with E-state index in [2.05, 4.69) is 20.9 Å². The summed E-state index contributed by atoms with van der Waals surface area (Å²) in [5.74, 6) is -0.998. The van der Waals surface area contributed by atoms with Crippen LogP contribution in [0.2, 0.25) is 5.02 Å². The van der Waals surface area contributed by atoms with E-state index in [1.807, 2.05) is 25.1 Å². The Bertz CT molecular complexity index is 1380. The molecule has 3 N–H and O–H groups in total. The first kappa shape index (κ1) is 25.8. The van der Waals surface area contributed by atoms with Gasteiger partial charge in [0.05, 0.1) is 13.2 Å². The molecule has 4 aliphatic rings. The van der Waals surface area contributed by atoms with E-state index in [4.69, 9.17) is 16.3 Å². The Hall–Kier alpha value is -3.47. The lowest BCUT2D eigenvalue weighted by molar-refractivity contribution is -0.191. The van der Waals surface area contributed by atoms with Crippen LogP contribution in [0.25, 0.3) is 0 Å². The number of urea groups is 1. The van der Waals surface area contributed by atoms with Crippen molar-refractivity contribution < 1.29 is 23.9 Å². The van der Waals surface area contributed by atoms with Crippen LogP contribution in [0.4, 0.5) is 10.5 Å². The second-order valence-electron chi connectivity index (χ2n) is 11.1. The molecule has 3 fully saturated rings. The number of ether oxygens (including phenoxy) is 1. The van der Waals surface area contributed by atoms with Gasteiger partial charge in [0, 0.05) is 60.8 Å². The number of hydrogen-bond donors (Lipinski definition) is 3. The fourth-order valence-electron chi connectivity index (χ4n) is 5.87. The van der Waals surface area contributed by atoms with E-state index in [-0.39, 0.29) is 30.8 Å². The van der Waals surface area contributed by atoms with Crippen LogP contribution in [0.3, 0.4) is 0 Å². The highest BCUT2D eigenvalue weighted by Crippen LogP contribution is 2.39. The normalized spacial score (nSPS) is 21.7. The van der Waals surface area contributed by atoms with Crippen LogP contribution >= 0.6 is 11.6 Å². The number of rotatable bonds is 6. The van der Waals surface area contributed by atoms with Crippen molar-refractivity contribution in [1.82, 2.24) is 20.4 Å². The standard InChI is InChI=1S/C28H30ClN5O5/c1-16-19(10-33-12-28(13-33)14-39-15-28)7-20(8-22(16)29)31-27(38)30-9-17-2-3-18-11-34(26(37)21(18)6-17)23-4-5-24(35)32-25(23)36/h2-3,6-8,23H,4-5,9-15H2,1H3,(H2,30,31,38)(H,32,35,36). The first-order valence-corrected chi connectivity index (χ1v) is 13.5. The zero-order valence-electron chi connectivity index (χ0n) is 21.6. The molecule has 1 unspecified atom stereocenters. The van der Waals surface area contributed by atoms with Crippen LogP contribution in [0.15, 0.2) is 30.3 Å². The van der Waals surface area contributed by atoms with Gasteiger partial charge in [0.2, 0.25) is 11.8 Å². The Labute approximate surface area is 231 Å². The summed E-state index contributed by atoms with van der Waals surface area (Å²) in [6.45, 7) is 6.98. The molecular weight excluding hydrogens is 522 g/mol. The van der Waals surface area contributed by atoms with Gasteiger partial charge < -0.3 is 20.3 Å². The van der Waals surface area contributed by atoms with Crippen molar-refractivity contribution >= 4 is 41.0 Å². The van der Waals surface area contributed by atoms with Crippen molar-refractivity contribution in [1.29, 1.82) is 0 Å². The quantitative estimate of drug-likeness (QED) is 0.475. The largest absolute Gasteiger partial charge is 0.380 e. The topological polar surface area (TPSA) is 120 Å². The Morgan fingerprint density at radius 1 is 1.18 bits per heavy atom. The molecule has 6 rings (SSSR count). The van der Waals surface area contributed by atoms with Crippen LogP contribution in [0.5, 0.6) is 0 Å². The van der Waals surface area contributed by atoms with Crippen molar-refractivity contribution in [2.24, 2.45) is 5.41 Å². The van der Waals surface area contributed by atoms with Gasteiger partial charge in [0.15, 0.2) is 0 Å².